The summed E-state index contributed by atoms with van der Waals surface area (Å²) < 4.78 is 0. The van der Waals surface area contributed by atoms with Gasteiger partial charge in [-0.15, -0.1) is 0 Å². The number of benzene rings is 2. The summed E-state index contributed by atoms with van der Waals surface area (Å²) >= 11 is 0. The van der Waals surface area contributed by atoms with E-state index in [1.54, 1.807) is 19.6 Å². The maximum absolute atomic E-state index is 13.4. The average molecular weight is 440 g/mol. The van der Waals surface area contributed by atoms with E-state index >= 15 is 0 Å². The van der Waals surface area contributed by atoms with E-state index in [9.17, 15) is 4.79 Å². The number of amides is 1. The van der Waals surface area contributed by atoms with Crippen molar-refractivity contribution in [1.82, 2.24) is 15.2 Å². The Morgan fingerprint density at radius 1 is 1.12 bits per heavy atom. The van der Waals surface area contributed by atoms with Crippen LogP contribution in [0.25, 0.3) is 11.1 Å². The molecule has 168 valence electrons. The second-order valence-corrected chi connectivity index (χ2v) is 8.13. The zero-order valence-electron chi connectivity index (χ0n) is 19.2. The van der Waals surface area contributed by atoms with Crippen molar-refractivity contribution in [2.24, 2.45) is 4.99 Å². The Balaban J connectivity index is 1.69. The SMILES string of the molecule is C=C(CN1CCN(C(=O)c2cccnc2C)Cc2cc(-c3ccccc3)ccc21)NC=NC. The first-order chi connectivity index (χ1) is 16.1. The second-order valence-electron chi connectivity index (χ2n) is 8.13. The maximum atomic E-state index is 13.4. The third-order valence-corrected chi connectivity index (χ3v) is 5.83. The van der Waals surface area contributed by atoms with Crippen molar-refractivity contribution in [2.45, 2.75) is 13.5 Å². The Kier molecular flexibility index (Phi) is 6.83. The summed E-state index contributed by atoms with van der Waals surface area (Å²) in [4.78, 5) is 25.9. The van der Waals surface area contributed by atoms with Crippen molar-refractivity contribution < 1.29 is 4.79 Å². The lowest BCUT2D eigenvalue weighted by Gasteiger charge is -2.26. The first kappa shape index (κ1) is 22.3. The van der Waals surface area contributed by atoms with Crippen molar-refractivity contribution in [2.75, 3.05) is 31.6 Å². The van der Waals surface area contributed by atoms with Crippen LogP contribution in [0.15, 0.2) is 84.1 Å². The normalized spacial score (nSPS) is 13.5. The van der Waals surface area contributed by atoms with Crippen LogP contribution in [-0.2, 0) is 6.54 Å². The Morgan fingerprint density at radius 2 is 1.94 bits per heavy atom. The van der Waals surface area contributed by atoms with Gasteiger partial charge in [-0.05, 0) is 47.9 Å². The van der Waals surface area contributed by atoms with E-state index in [2.05, 4.69) is 57.1 Å². The molecule has 4 rings (SSSR count). The number of rotatable bonds is 6. The zero-order chi connectivity index (χ0) is 23.2. The minimum atomic E-state index is 0.00795. The molecule has 0 saturated heterocycles. The third kappa shape index (κ3) is 5.12. The minimum Gasteiger partial charge on any atom is -0.364 e. The number of anilines is 1. The first-order valence-corrected chi connectivity index (χ1v) is 11.1. The predicted octanol–water partition coefficient (Wildman–Crippen LogP) is 4.28. The minimum absolute atomic E-state index is 0.00795. The van der Waals surface area contributed by atoms with Crippen LogP contribution in [0, 0.1) is 6.92 Å². The molecule has 2 aromatic carbocycles. The third-order valence-electron chi connectivity index (χ3n) is 5.83. The van der Waals surface area contributed by atoms with Crippen LogP contribution in [0.1, 0.15) is 21.6 Å². The molecule has 0 saturated carbocycles. The molecule has 0 atom stereocenters. The smallest absolute Gasteiger partial charge is 0.256 e. The largest absolute Gasteiger partial charge is 0.364 e. The predicted molar refractivity (Wildman–Crippen MR) is 134 cm³/mol. The van der Waals surface area contributed by atoms with Crippen molar-refractivity contribution in [1.29, 1.82) is 0 Å². The Hall–Kier alpha value is -3.93. The van der Waals surface area contributed by atoms with Crippen LogP contribution in [0.3, 0.4) is 0 Å². The molecule has 6 nitrogen and oxygen atoms in total. The highest BCUT2D eigenvalue weighted by Crippen LogP contribution is 2.31. The molecule has 6 heteroatoms. The molecule has 1 amide bonds. The molecule has 1 aliphatic rings. The summed E-state index contributed by atoms with van der Waals surface area (Å²) in [6.45, 7) is 8.48. The maximum Gasteiger partial charge on any atom is 0.256 e. The quantitative estimate of drug-likeness (QED) is 0.460. The van der Waals surface area contributed by atoms with Crippen LogP contribution in [0.5, 0.6) is 0 Å². The molecule has 0 unspecified atom stereocenters. The highest BCUT2D eigenvalue weighted by molar-refractivity contribution is 5.95. The van der Waals surface area contributed by atoms with Gasteiger partial charge < -0.3 is 15.1 Å². The molecule has 33 heavy (non-hydrogen) atoms. The van der Waals surface area contributed by atoms with Gasteiger partial charge in [0.1, 0.15) is 0 Å². The molecular weight excluding hydrogens is 410 g/mol. The van der Waals surface area contributed by atoms with Gasteiger partial charge in [0.25, 0.3) is 5.91 Å². The number of hydrogen-bond acceptors (Lipinski definition) is 4. The Bertz CT molecular complexity index is 1170. The van der Waals surface area contributed by atoms with Crippen molar-refractivity contribution in [3.8, 4) is 11.1 Å². The van der Waals surface area contributed by atoms with Gasteiger partial charge in [0.15, 0.2) is 0 Å². The second kappa shape index (κ2) is 10.1. The number of nitrogens with zero attached hydrogens (tertiary/aromatic N) is 4. The summed E-state index contributed by atoms with van der Waals surface area (Å²) in [5, 5.41) is 3.12. The number of hydrogen-bond donors (Lipinski definition) is 1. The molecule has 1 N–H and O–H groups in total. The molecule has 0 spiro atoms. The number of carbonyl (C=O) groups excluding carboxylic acids is 1. The first-order valence-electron chi connectivity index (χ1n) is 11.1. The lowest BCUT2D eigenvalue weighted by atomic mass is 10.0. The highest BCUT2D eigenvalue weighted by atomic mass is 16.2. The number of fused-ring (bicyclic) bond motifs is 1. The number of aryl methyl sites for hydroxylation is 1. The molecule has 0 radical (unpaired) electrons. The summed E-state index contributed by atoms with van der Waals surface area (Å²) in [7, 11) is 1.72. The van der Waals surface area contributed by atoms with Crippen LogP contribution in [0.2, 0.25) is 0 Å². The fourth-order valence-corrected chi connectivity index (χ4v) is 4.13. The van der Waals surface area contributed by atoms with Gasteiger partial charge in [0.2, 0.25) is 0 Å². The van der Waals surface area contributed by atoms with Gasteiger partial charge in [0.05, 0.1) is 18.4 Å². The van der Waals surface area contributed by atoms with E-state index in [1.807, 2.05) is 42.2 Å². The van der Waals surface area contributed by atoms with E-state index in [-0.39, 0.29) is 5.91 Å². The number of aromatic nitrogens is 1. The Morgan fingerprint density at radius 3 is 2.70 bits per heavy atom. The van der Waals surface area contributed by atoms with Gasteiger partial charge in [-0.3, -0.25) is 14.8 Å². The monoisotopic (exact) mass is 439 g/mol. The van der Waals surface area contributed by atoms with E-state index in [1.165, 1.54) is 0 Å². The van der Waals surface area contributed by atoms with E-state index < -0.39 is 0 Å². The summed E-state index contributed by atoms with van der Waals surface area (Å²) in [5.74, 6) is 0.00795. The lowest BCUT2D eigenvalue weighted by molar-refractivity contribution is 0.0750. The molecular formula is C27H29N5O. The summed E-state index contributed by atoms with van der Waals surface area (Å²) in [6, 6.07) is 20.5. The highest BCUT2D eigenvalue weighted by Gasteiger charge is 2.25. The fourth-order valence-electron chi connectivity index (χ4n) is 4.13. The number of aliphatic imine (C=N–C) groups is 1. The standard InChI is InChI=1S/C27H29N5O/c1-20(30-19-28-3)17-31-14-15-32(27(33)25-10-7-13-29-21(25)2)18-24-16-23(11-12-26(24)31)22-8-5-4-6-9-22/h4-13,16,19H,1,14-15,17-18H2,2-3H3,(H,28,30). The van der Waals surface area contributed by atoms with E-state index in [0.29, 0.717) is 31.7 Å². The van der Waals surface area contributed by atoms with Crippen molar-refractivity contribution in [3.05, 3.63) is 96.0 Å². The lowest BCUT2D eigenvalue weighted by Crippen LogP contribution is -2.37. The van der Waals surface area contributed by atoms with Crippen LogP contribution in [0.4, 0.5) is 5.69 Å². The molecule has 1 aliphatic heterocycles. The van der Waals surface area contributed by atoms with Gasteiger partial charge in [-0.1, -0.05) is 43.0 Å². The molecule has 0 bridgehead atoms. The van der Waals surface area contributed by atoms with Gasteiger partial charge in [-0.2, -0.15) is 0 Å². The molecule has 3 aromatic rings. The molecule has 0 fully saturated rings. The van der Waals surface area contributed by atoms with Gasteiger partial charge in [-0.25, -0.2) is 0 Å². The van der Waals surface area contributed by atoms with Crippen molar-refractivity contribution in [3.63, 3.8) is 0 Å². The summed E-state index contributed by atoms with van der Waals surface area (Å²) in [5.41, 5.74) is 6.76. The topological polar surface area (TPSA) is 60.8 Å². The average Bonchev–Trinajstić information content (AvgIpc) is 3.02. The summed E-state index contributed by atoms with van der Waals surface area (Å²) in [6.07, 6.45) is 3.36. The Labute approximate surface area is 195 Å². The fraction of sp³-hybridized carbons (Fsp3) is 0.222. The van der Waals surface area contributed by atoms with Crippen LogP contribution >= 0.6 is 0 Å². The number of pyridine rings is 1. The van der Waals surface area contributed by atoms with E-state index in [4.69, 9.17) is 0 Å². The van der Waals surface area contributed by atoms with Gasteiger partial charge in [0, 0.05) is 50.0 Å². The van der Waals surface area contributed by atoms with Crippen LogP contribution in [-0.4, -0.2) is 48.8 Å². The molecule has 0 aliphatic carbocycles. The molecule has 1 aromatic heterocycles. The number of nitrogens with one attached hydrogen (secondary N) is 1. The van der Waals surface area contributed by atoms with Gasteiger partial charge >= 0.3 is 0 Å². The number of carbonyl (C=O) groups is 1. The molecule has 2 heterocycles. The van der Waals surface area contributed by atoms with Crippen LogP contribution < -0.4 is 10.2 Å². The van der Waals surface area contributed by atoms with Crippen molar-refractivity contribution >= 4 is 17.9 Å². The van der Waals surface area contributed by atoms with E-state index in [0.717, 1.165) is 33.8 Å². The zero-order valence-corrected chi connectivity index (χ0v) is 19.2.